The van der Waals surface area contributed by atoms with E-state index >= 15 is 0 Å². The maximum absolute atomic E-state index is 11.8. The Morgan fingerprint density at radius 3 is 1.75 bits per heavy atom. The van der Waals surface area contributed by atoms with Crippen LogP contribution in [0.2, 0.25) is 0 Å². The van der Waals surface area contributed by atoms with E-state index in [-0.39, 0.29) is 6.42 Å². The first-order valence-electron chi connectivity index (χ1n) is 7.19. The summed E-state index contributed by atoms with van der Waals surface area (Å²) in [5.74, 6) is -3.53. The SMILES string of the molecule is CCCCCCCCCCCC(=O)OC(=O)C(F)(F)F. The smallest absolute Gasteiger partial charge is 0.386 e. The van der Waals surface area contributed by atoms with Crippen LogP contribution in [0.3, 0.4) is 0 Å². The molecular formula is C14H23F3O3. The summed E-state index contributed by atoms with van der Waals surface area (Å²) in [6, 6.07) is 0. The van der Waals surface area contributed by atoms with Gasteiger partial charge in [-0.15, -0.1) is 0 Å². The van der Waals surface area contributed by atoms with Gasteiger partial charge < -0.3 is 4.74 Å². The van der Waals surface area contributed by atoms with Crippen LogP contribution in [-0.2, 0) is 14.3 Å². The quantitative estimate of drug-likeness (QED) is 0.338. The average Bonchev–Trinajstić information content (AvgIpc) is 2.35. The maximum atomic E-state index is 11.8. The largest absolute Gasteiger partial charge is 0.491 e. The molecule has 0 fully saturated rings. The van der Waals surface area contributed by atoms with Crippen LogP contribution in [0.1, 0.15) is 71.1 Å². The molecule has 0 atom stereocenters. The number of carbonyl (C=O) groups is 2. The normalized spacial score (nSPS) is 11.4. The lowest BCUT2D eigenvalue weighted by Gasteiger charge is -2.05. The van der Waals surface area contributed by atoms with Gasteiger partial charge in [-0.2, -0.15) is 13.2 Å². The summed E-state index contributed by atoms with van der Waals surface area (Å²) in [6.45, 7) is 2.16. The van der Waals surface area contributed by atoms with Crippen LogP contribution in [0.15, 0.2) is 0 Å². The Kier molecular flexibility index (Phi) is 10.1. The fraction of sp³-hybridized carbons (Fsp3) is 0.857. The highest BCUT2D eigenvalue weighted by atomic mass is 19.4. The standard InChI is InChI=1S/C14H23F3O3/c1-2-3-4-5-6-7-8-9-10-11-12(18)20-13(19)14(15,16)17/h2-11H2,1H3. The van der Waals surface area contributed by atoms with Crippen molar-refractivity contribution in [3.05, 3.63) is 0 Å². The molecule has 0 aromatic heterocycles. The Hall–Kier alpha value is -1.07. The summed E-state index contributed by atoms with van der Waals surface area (Å²) in [6.07, 6.45) is 4.05. The van der Waals surface area contributed by atoms with Crippen molar-refractivity contribution in [2.45, 2.75) is 77.3 Å². The Balaban J connectivity index is 3.43. The van der Waals surface area contributed by atoms with Gasteiger partial charge in [0.05, 0.1) is 0 Å². The zero-order valence-electron chi connectivity index (χ0n) is 11.9. The first kappa shape index (κ1) is 18.9. The van der Waals surface area contributed by atoms with Gasteiger partial charge in [0.15, 0.2) is 0 Å². The molecule has 0 aromatic carbocycles. The number of unbranched alkanes of at least 4 members (excludes halogenated alkanes) is 8. The minimum absolute atomic E-state index is 0.141. The minimum Gasteiger partial charge on any atom is -0.386 e. The number of hydrogen-bond acceptors (Lipinski definition) is 3. The molecule has 6 heteroatoms. The van der Waals surface area contributed by atoms with Crippen molar-refractivity contribution >= 4 is 11.9 Å². The first-order valence-corrected chi connectivity index (χ1v) is 7.19. The second-order valence-corrected chi connectivity index (χ2v) is 4.84. The van der Waals surface area contributed by atoms with E-state index in [9.17, 15) is 22.8 Å². The third-order valence-corrected chi connectivity index (χ3v) is 2.92. The molecule has 20 heavy (non-hydrogen) atoms. The highest BCUT2D eigenvalue weighted by Crippen LogP contribution is 2.17. The van der Waals surface area contributed by atoms with Gasteiger partial charge in [-0.3, -0.25) is 4.79 Å². The molecule has 0 amide bonds. The molecule has 0 aliphatic carbocycles. The van der Waals surface area contributed by atoms with E-state index in [1.807, 2.05) is 0 Å². The van der Waals surface area contributed by atoms with Crippen molar-refractivity contribution in [3.63, 3.8) is 0 Å². The Bertz CT molecular complexity index is 288. The van der Waals surface area contributed by atoms with E-state index in [1.54, 1.807) is 0 Å². The number of hydrogen-bond donors (Lipinski definition) is 0. The van der Waals surface area contributed by atoms with Gasteiger partial charge in [0.2, 0.25) is 0 Å². The summed E-state index contributed by atoms with van der Waals surface area (Å²) in [7, 11) is 0. The van der Waals surface area contributed by atoms with E-state index < -0.39 is 18.1 Å². The highest BCUT2D eigenvalue weighted by molar-refractivity contribution is 5.88. The van der Waals surface area contributed by atoms with Gasteiger partial charge in [-0.1, -0.05) is 58.3 Å². The number of rotatable bonds is 10. The van der Waals surface area contributed by atoms with Gasteiger partial charge in [-0.25, -0.2) is 4.79 Å². The molecule has 0 aromatic rings. The number of esters is 2. The minimum atomic E-state index is -5.10. The summed E-state index contributed by atoms with van der Waals surface area (Å²) in [5.41, 5.74) is 0. The van der Waals surface area contributed by atoms with Gasteiger partial charge >= 0.3 is 18.1 Å². The Morgan fingerprint density at radius 1 is 0.850 bits per heavy atom. The number of alkyl halides is 3. The molecule has 0 N–H and O–H groups in total. The molecule has 3 nitrogen and oxygen atoms in total. The van der Waals surface area contributed by atoms with Crippen LogP contribution in [0, 0.1) is 0 Å². The van der Waals surface area contributed by atoms with E-state index in [4.69, 9.17) is 0 Å². The first-order chi connectivity index (χ1) is 9.38. The predicted molar refractivity (Wildman–Crippen MR) is 69.0 cm³/mol. The van der Waals surface area contributed by atoms with Crippen molar-refractivity contribution in [3.8, 4) is 0 Å². The van der Waals surface area contributed by atoms with E-state index in [0.717, 1.165) is 25.7 Å². The number of carbonyl (C=O) groups excluding carboxylic acids is 2. The maximum Gasteiger partial charge on any atom is 0.491 e. The molecule has 0 heterocycles. The number of halogens is 3. The zero-order chi connectivity index (χ0) is 15.4. The molecule has 0 rings (SSSR count). The molecule has 0 bridgehead atoms. The zero-order valence-corrected chi connectivity index (χ0v) is 11.9. The van der Waals surface area contributed by atoms with E-state index in [1.165, 1.54) is 25.7 Å². The Labute approximate surface area is 117 Å². The third kappa shape index (κ3) is 10.8. The van der Waals surface area contributed by atoms with Gasteiger partial charge in [-0.05, 0) is 6.42 Å². The molecule has 118 valence electrons. The molecule has 0 aliphatic rings. The van der Waals surface area contributed by atoms with Crippen molar-refractivity contribution in [1.29, 1.82) is 0 Å². The summed E-state index contributed by atoms with van der Waals surface area (Å²) < 4.78 is 39.1. The third-order valence-electron chi connectivity index (χ3n) is 2.92. The fourth-order valence-electron chi connectivity index (χ4n) is 1.79. The molecular weight excluding hydrogens is 273 g/mol. The summed E-state index contributed by atoms with van der Waals surface area (Å²) in [5, 5.41) is 0. The molecule has 0 aliphatic heterocycles. The van der Waals surface area contributed by atoms with Crippen molar-refractivity contribution < 1.29 is 27.5 Å². The molecule has 0 radical (unpaired) electrons. The van der Waals surface area contributed by atoms with Crippen LogP contribution in [0.5, 0.6) is 0 Å². The van der Waals surface area contributed by atoms with Crippen LogP contribution >= 0.6 is 0 Å². The summed E-state index contributed by atoms with van der Waals surface area (Å²) in [4.78, 5) is 21.3. The van der Waals surface area contributed by atoms with Crippen LogP contribution < -0.4 is 0 Å². The summed E-state index contributed by atoms with van der Waals surface area (Å²) >= 11 is 0. The molecule has 0 saturated heterocycles. The molecule has 0 saturated carbocycles. The topological polar surface area (TPSA) is 43.4 Å². The fourth-order valence-corrected chi connectivity index (χ4v) is 1.79. The molecule has 0 spiro atoms. The monoisotopic (exact) mass is 296 g/mol. The van der Waals surface area contributed by atoms with Crippen LogP contribution in [-0.4, -0.2) is 18.1 Å². The lowest BCUT2D eigenvalue weighted by atomic mass is 10.1. The Morgan fingerprint density at radius 2 is 1.30 bits per heavy atom. The second kappa shape index (κ2) is 10.7. The lowest BCUT2D eigenvalue weighted by Crippen LogP contribution is -2.27. The lowest BCUT2D eigenvalue weighted by molar-refractivity contribution is -0.201. The van der Waals surface area contributed by atoms with E-state index in [0.29, 0.717) is 6.42 Å². The predicted octanol–water partition coefficient (Wildman–Crippen LogP) is 4.54. The second-order valence-electron chi connectivity index (χ2n) is 4.84. The number of ether oxygens (including phenoxy) is 1. The van der Waals surface area contributed by atoms with Crippen LogP contribution in [0.4, 0.5) is 13.2 Å². The van der Waals surface area contributed by atoms with Gasteiger partial charge in [0.25, 0.3) is 0 Å². The van der Waals surface area contributed by atoms with Crippen LogP contribution in [0.25, 0.3) is 0 Å². The van der Waals surface area contributed by atoms with Crippen molar-refractivity contribution in [1.82, 2.24) is 0 Å². The molecule has 0 unspecified atom stereocenters. The van der Waals surface area contributed by atoms with Crippen molar-refractivity contribution in [2.75, 3.05) is 0 Å². The average molecular weight is 296 g/mol. The van der Waals surface area contributed by atoms with E-state index in [2.05, 4.69) is 11.7 Å². The highest BCUT2D eigenvalue weighted by Gasteiger charge is 2.42. The van der Waals surface area contributed by atoms with Gasteiger partial charge in [0.1, 0.15) is 0 Å². The van der Waals surface area contributed by atoms with Crippen molar-refractivity contribution in [2.24, 2.45) is 0 Å². The van der Waals surface area contributed by atoms with Gasteiger partial charge in [0, 0.05) is 6.42 Å².